The van der Waals surface area contributed by atoms with E-state index in [4.69, 9.17) is 14.9 Å². The predicted molar refractivity (Wildman–Crippen MR) is 95.1 cm³/mol. The molecule has 1 heterocycles. The van der Waals surface area contributed by atoms with Gasteiger partial charge in [0.15, 0.2) is 0 Å². The van der Waals surface area contributed by atoms with Crippen molar-refractivity contribution in [1.29, 1.82) is 0 Å². The van der Waals surface area contributed by atoms with Crippen LogP contribution in [-0.2, 0) is 12.8 Å². The molecule has 0 unspecified atom stereocenters. The molecule has 0 saturated carbocycles. The average Bonchev–Trinajstić information content (AvgIpc) is 2.97. The summed E-state index contributed by atoms with van der Waals surface area (Å²) in [6.45, 7) is 3.15. The van der Waals surface area contributed by atoms with Gasteiger partial charge < -0.3 is 14.9 Å². The van der Waals surface area contributed by atoms with Gasteiger partial charge in [-0.05, 0) is 49.7 Å². The molecule has 124 valence electrons. The number of oxazole rings is 1. The van der Waals surface area contributed by atoms with Gasteiger partial charge in [-0.15, -0.1) is 0 Å². The van der Waals surface area contributed by atoms with Gasteiger partial charge in [0.1, 0.15) is 11.5 Å². The summed E-state index contributed by atoms with van der Waals surface area (Å²) >= 11 is 0. The number of hydrogen-bond acceptors (Lipinski definition) is 4. The topological polar surface area (TPSA) is 61.3 Å². The molecule has 0 spiro atoms. The molecule has 0 aliphatic heterocycles. The second kappa shape index (κ2) is 7.79. The van der Waals surface area contributed by atoms with Gasteiger partial charge in [-0.2, -0.15) is 0 Å². The van der Waals surface area contributed by atoms with Crippen molar-refractivity contribution in [3.63, 3.8) is 0 Å². The van der Waals surface area contributed by atoms with Crippen molar-refractivity contribution in [3.8, 4) is 17.2 Å². The van der Waals surface area contributed by atoms with Crippen molar-refractivity contribution in [1.82, 2.24) is 4.98 Å². The summed E-state index contributed by atoms with van der Waals surface area (Å²) in [5.41, 5.74) is 8.71. The van der Waals surface area contributed by atoms with E-state index < -0.39 is 0 Å². The maximum Gasteiger partial charge on any atom is 0.226 e. The van der Waals surface area contributed by atoms with E-state index in [2.05, 4.69) is 11.1 Å². The van der Waals surface area contributed by atoms with E-state index in [0.717, 1.165) is 29.2 Å². The van der Waals surface area contributed by atoms with E-state index in [1.165, 1.54) is 5.56 Å². The quantitative estimate of drug-likeness (QED) is 0.719. The summed E-state index contributed by atoms with van der Waals surface area (Å²) in [5, 5.41) is 0. The van der Waals surface area contributed by atoms with E-state index >= 15 is 0 Å². The zero-order valence-corrected chi connectivity index (χ0v) is 13.9. The first-order chi connectivity index (χ1) is 11.8. The summed E-state index contributed by atoms with van der Waals surface area (Å²) < 4.78 is 11.6. The molecule has 0 fully saturated rings. The van der Waals surface area contributed by atoms with Crippen LogP contribution in [0.15, 0.2) is 59.0 Å². The normalized spacial score (nSPS) is 10.8. The summed E-state index contributed by atoms with van der Waals surface area (Å²) in [4.78, 5) is 4.60. The zero-order chi connectivity index (χ0) is 16.8. The van der Waals surface area contributed by atoms with Gasteiger partial charge >= 0.3 is 0 Å². The molecular weight excluding hydrogens is 300 g/mol. The van der Waals surface area contributed by atoms with Crippen LogP contribution in [0, 0.1) is 6.92 Å². The van der Waals surface area contributed by atoms with Crippen LogP contribution in [0.25, 0.3) is 11.5 Å². The largest absolute Gasteiger partial charge is 0.493 e. The van der Waals surface area contributed by atoms with E-state index in [1.54, 1.807) is 0 Å². The highest BCUT2D eigenvalue weighted by Crippen LogP contribution is 2.22. The number of hydrogen-bond donors (Lipinski definition) is 1. The number of nitrogens with zero attached hydrogens (tertiary/aromatic N) is 1. The van der Waals surface area contributed by atoms with Crippen molar-refractivity contribution < 1.29 is 9.15 Å². The highest BCUT2D eigenvalue weighted by atomic mass is 16.5. The van der Waals surface area contributed by atoms with Crippen LogP contribution in [0.1, 0.15) is 17.0 Å². The fourth-order valence-electron chi connectivity index (χ4n) is 2.59. The van der Waals surface area contributed by atoms with E-state index in [1.807, 2.05) is 55.5 Å². The number of aryl methyl sites for hydroxylation is 1. The van der Waals surface area contributed by atoms with Gasteiger partial charge in [-0.3, -0.25) is 0 Å². The van der Waals surface area contributed by atoms with Gasteiger partial charge in [0.25, 0.3) is 0 Å². The van der Waals surface area contributed by atoms with Crippen LogP contribution in [0.2, 0.25) is 0 Å². The third-order valence-electron chi connectivity index (χ3n) is 3.85. The van der Waals surface area contributed by atoms with E-state index in [9.17, 15) is 0 Å². The molecule has 3 rings (SSSR count). The molecule has 3 aromatic rings. The molecule has 2 aromatic carbocycles. The first-order valence-electron chi connectivity index (χ1n) is 8.20. The lowest BCUT2D eigenvalue weighted by molar-refractivity contribution is 0.319. The smallest absolute Gasteiger partial charge is 0.226 e. The maximum absolute atomic E-state index is 5.84. The van der Waals surface area contributed by atoms with Crippen molar-refractivity contribution in [2.75, 3.05) is 13.2 Å². The van der Waals surface area contributed by atoms with E-state index in [0.29, 0.717) is 25.5 Å². The highest BCUT2D eigenvalue weighted by molar-refractivity contribution is 5.53. The third kappa shape index (κ3) is 4.03. The molecule has 4 nitrogen and oxygen atoms in total. The minimum atomic E-state index is 0.563. The molecule has 0 amide bonds. The van der Waals surface area contributed by atoms with Crippen LogP contribution in [0.4, 0.5) is 0 Å². The summed E-state index contributed by atoms with van der Waals surface area (Å²) in [7, 11) is 0. The van der Waals surface area contributed by atoms with Crippen molar-refractivity contribution in [2.24, 2.45) is 5.73 Å². The minimum absolute atomic E-state index is 0.563. The van der Waals surface area contributed by atoms with Crippen molar-refractivity contribution >= 4 is 0 Å². The van der Waals surface area contributed by atoms with Crippen LogP contribution in [0.5, 0.6) is 5.75 Å². The lowest BCUT2D eigenvalue weighted by Gasteiger charge is -2.07. The molecule has 0 atom stereocenters. The van der Waals surface area contributed by atoms with Crippen LogP contribution in [0.3, 0.4) is 0 Å². The van der Waals surface area contributed by atoms with Gasteiger partial charge in [0.2, 0.25) is 5.89 Å². The first kappa shape index (κ1) is 16.3. The Hall–Kier alpha value is -2.59. The fourth-order valence-corrected chi connectivity index (χ4v) is 2.59. The number of rotatable bonds is 7. The third-order valence-corrected chi connectivity index (χ3v) is 3.85. The Kier molecular flexibility index (Phi) is 5.29. The Morgan fingerprint density at radius 2 is 1.88 bits per heavy atom. The highest BCUT2D eigenvalue weighted by Gasteiger charge is 2.11. The average molecular weight is 322 g/mol. The Morgan fingerprint density at radius 3 is 2.67 bits per heavy atom. The fraction of sp³-hybridized carbons (Fsp3) is 0.250. The number of ether oxygens (including phenoxy) is 1. The lowest BCUT2D eigenvalue weighted by Crippen LogP contribution is -2.05. The van der Waals surface area contributed by atoms with Crippen LogP contribution < -0.4 is 10.5 Å². The molecule has 24 heavy (non-hydrogen) atoms. The molecular formula is C20H22N2O2. The minimum Gasteiger partial charge on any atom is -0.493 e. The Labute approximate surface area is 142 Å². The van der Waals surface area contributed by atoms with Crippen LogP contribution in [-0.4, -0.2) is 18.1 Å². The molecule has 0 radical (unpaired) electrons. The Morgan fingerprint density at radius 1 is 1.04 bits per heavy atom. The number of nitrogens with two attached hydrogens (primary N) is 1. The summed E-state index contributed by atoms with van der Waals surface area (Å²) in [6, 6.07) is 18.0. The van der Waals surface area contributed by atoms with Gasteiger partial charge in [-0.25, -0.2) is 4.98 Å². The monoisotopic (exact) mass is 322 g/mol. The molecule has 1 aromatic heterocycles. The van der Waals surface area contributed by atoms with Crippen LogP contribution >= 0.6 is 0 Å². The molecule has 2 N–H and O–H groups in total. The lowest BCUT2D eigenvalue weighted by atomic mass is 10.1. The van der Waals surface area contributed by atoms with E-state index in [-0.39, 0.29) is 0 Å². The predicted octanol–water partition coefficient (Wildman–Crippen LogP) is 3.77. The molecule has 0 aliphatic carbocycles. The molecule has 4 heteroatoms. The van der Waals surface area contributed by atoms with Gasteiger partial charge in [0, 0.05) is 12.0 Å². The number of benzene rings is 2. The van der Waals surface area contributed by atoms with Crippen molar-refractivity contribution in [3.05, 3.63) is 71.6 Å². The number of aromatic nitrogens is 1. The summed E-state index contributed by atoms with van der Waals surface area (Å²) in [5.74, 6) is 2.37. The zero-order valence-electron chi connectivity index (χ0n) is 13.9. The second-order valence-corrected chi connectivity index (χ2v) is 5.67. The Balaban J connectivity index is 1.61. The van der Waals surface area contributed by atoms with Gasteiger partial charge in [0.05, 0.1) is 12.3 Å². The van der Waals surface area contributed by atoms with Crippen molar-refractivity contribution in [2.45, 2.75) is 19.8 Å². The second-order valence-electron chi connectivity index (χ2n) is 5.67. The van der Waals surface area contributed by atoms with Gasteiger partial charge in [-0.1, -0.05) is 30.3 Å². The maximum atomic E-state index is 5.84. The molecule has 0 bridgehead atoms. The molecule has 0 saturated heterocycles. The summed E-state index contributed by atoms with van der Waals surface area (Å²) in [6.07, 6.45) is 1.57. The Bertz CT molecular complexity index is 781. The SMILES string of the molecule is Cc1oc(-c2ccccc2)nc1CCOc1cccc(CCN)c1. The standard InChI is InChI=1S/C20H22N2O2/c1-15-19(22-20(24-15)17-7-3-2-4-8-17)11-13-23-18-9-5-6-16(14-18)10-12-21/h2-9,14H,10-13,21H2,1H3. The first-order valence-corrected chi connectivity index (χ1v) is 8.20. The molecule has 0 aliphatic rings.